The predicted molar refractivity (Wildman–Crippen MR) is 93.1 cm³/mol. The van der Waals surface area contributed by atoms with Crippen molar-refractivity contribution in [3.05, 3.63) is 45.2 Å². The summed E-state index contributed by atoms with van der Waals surface area (Å²) in [7, 11) is -3.78. The van der Waals surface area contributed by atoms with Crippen LogP contribution in [-0.4, -0.2) is 33.1 Å². The third-order valence-electron chi connectivity index (χ3n) is 3.74. The number of sulfonamides is 1. The fourth-order valence-corrected chi connectivity index (χ4v) is 5.05. The van der Waals surface area contributed by atoms with Crippen LogP contribution in [0.15, 0.2) is 33.3 Å². The monoisotopic (exact) mass is 369 g/mol. The van der Waals surface area contributed by atoms with E-state index in [0.717, 1.165) is 18.7 Å². The van der Waals surface area contributed by atoms with E-state index < -0.39 is 10.0 Å². The van der Waals surface area contributed by atoms with Gasteiger partial charge in [0, 0.05) is 24.5 Å². The Morgan fingerprint density at radius 1 is 1.33 bits per heavy atom. The largest absolute Gasteiger partial charge is 0.371 e. The normalized spacial score (nSPS) is 18.5. The topological polar surface area (TPSA) is 100 Å². The van der Waals surface area contributed by atoms with Crippen molar-refractivity contribution in [2.75, 3.05) is 24.4 Å². The first-order valence-electron chi connectivity index (χ1n) is 7.66. The summed E-state index contributed by atoms with van der Waals surface area (Å²) in [5.74, 6) is 0. The summed E-state index contributed by atoms with van der Waals surface area (Å²) in [6.45, 7) is 4.03. The number of anilines is 1. The summed E-state index contributed by atoms with van der Waals surface area (Å²) < 4.78 is 33.2. The van der Waals surface area contributed by atoms with E-state index in [-0.39, 0.29) is 15.2 Å². The number of hydrogen-bond donors (Lipinski definition) is 3. The van der Waals surface area contributed by atoms with Gasteiger partial charge in [-0.05, 0) is 24.1 Å². The minimum absolute atomic E-state index is 0.0222. The van der Waals surface area contributed by atoms with Gasteiger partial charge in [-0.2, -0.15) is 0 Å². The number of aromatic amines is 1. The number of aryl methyl sites for hydroxylation is 1. The molecule has 0 amide bonds. The lowest BCUT2D eigenvalue weighted by molar-refractivity contribution is 0.0277. The second-order valence-electron chi connectivity index (χ2n) is 5.43. The van der Waals surface area contributed by atoms with Gasteiger partial charge < -0.3 is 15.0 Å². The van der Waals surface area contributed by atoms with E-state index in [1.165, 1.54) is 0 Å². The Bertz CT molecular complexity index is 850. The molecule has 0 aliphatic carbocycles. The minimum Gasteiger partial charge on any atom is -0.371 e. The Labute approximate surface area is 144 Å². The maximum absolute atomic E-state index is 12.5. The molecule has 24 heavy (non-hydrogen) atoms. The molecule has 1 aromatic heterocycles. The fraction of sp³-hybridized carbons (Fsp3) is 0.400. The smallest absolute Gasteiger partial charge is 0.306 e. The van der Waals surface area contributed by atoms with Crippen LogP contribution < -0.4 is 14.9 Å². The highest BCUT2D eigenvalue weighted by molar-refractivity contribution is 7.94. The molecule has 1 aliphatic rings. The number of H-pyrrole nitrogens is 1. The summed E-state index contributed by atoms with van der Waals surface area (Å²) in [4.78, 5) is 13.6. The van der Waals surface area contributed by atoms with Gasteiger partial charge >= 0.3 is 4.87 Å². The zero-order valence-electron chi connectivity index (χ0n) is 13.2. The van der Waals surface area contributed by atoms with Gasteiger partial charge in [0.1, 0.15) is 0 Å². The van der Waals surface area contributed by atoms with Crippen LogP contribution in [0.1, 0.15) is 24.3 Å². The van der Waals surface area contributed by atoms with E-state index in [1.807, 2.05) is 12.1 Å². The van der Waals surface area contributed by atoms with E-state index >= 15 is 0 Å². The molecule has 1 fully saturated rings. The van der Waals surface area contributed by atoms with Crippen molar-refractivity contribution in [1.29, 1.82) is 0 Å². The molecule has 0 bridgehead atoms. The van der Waals surface area contributed by atoms with Crippen LogP contribution >= 0.6 is 11.3 Å². The highest BCUT2D eigenvalue weighted by Crippen LogP contribution is 2.24. The lowest BCUT2D eigenvalue weighted by Gasteiger charge is -2.24. The van der Waals surface area contributed by atoms with Crippen LogP contribution in [0.2, 0.25) is 0 Å². The number of thiazole rings is 1. The number of ether oxygens (including phenoxy) is 1. The summed E-state index contributed by atoms with van der Waals surface area (Å²) in [5.41, 5.74) is 1.87. The number of rotatable bonds is 5. The molecule has 9 heteroatoms. The van der Waals surface area contributed by atoms with Crippen molar-refractivity contribution in [2.45, 2.75) is 23.7 Å². The van der Waals surface area contributed by atoms with E-state index in [2.05, 4.69) is 15.0 Å². The number of nitrogens with one attached hydrogen (secondary N) is 3. The molecule has 2 aromatic rings. The molecule has 1 aromatic carbocycles. The Morgan fingerprint density at radius 2 is 2.08 bits per heavy atom. The zero-order valence-corrected chi connectivity index (χ0v) is 14.8. The van der Waals surface area contributed by atoms with E-state index in [4.69, 9.17) is 4.74 Å². The Kier molecular flexibility index (Phi) is 5.04. The first kappa shape index (κ1) is 17.2. The van der Waals surface area contributed by atoms with Crippen molar-refractivity contribution < 1.29 is 13.2 Å². The highest BCUT2D eigenvalue weighted by atomic mass is 32.2. The van der Waals surface area contributed by atoms with Crippen LogP contribution in [0.4, 0.5) is 5.69 Å². The van der Waals surface area contributed by atoms with Gasteiger partial charge in [-0.25, -0.2) is 8.42 Å². The number of hydrogen-bond acceptors (Lipinski definition) is 6. The number of benzene rings is 1. The molecule has 130 valence electrons. The molecule has 1 atom stereocenters. The molecule has 2 heterocycles. The molecule has 7 nitrogen and oxygen atoms in total. The molecular formula is C15H19N3O4S2. The highest BCUT2D eigenvalue weighted by Gasteiger charge is 2.22. The molecule has 0 radical (unpaired) electrons. The molecule has 1 unspecified atom stereocenters. The second-order valence-corrected chi connectivity index (χ2v) is 8.29. The summed E-state index contributed by atoms with van der Waals surface area (Å²) in [5, 5.41) is 3.25. The maximum atomic E-state index is 12.5. The quantitative estimate of drug-likeness (QED) is 0.741. The van der Waals surface area contributed by atoms with Crippen LogP contribution in [-0.2, 0) is 21.2 Å². The molecule has 0 saturated carbocycles. The van der Waals surface area contributed by atoms with Crippen molar-refractivity contribution in [2.24, 2.45) is 0 Å². The van der Waals surface area contributed by atoms with Gasteiger partial charge in [-0.3, -0.25) is 9.52 Å². The first-order chi connectivity index (χ1) is 11.5. The van der Waals surface area contributed by atoms with Gasteiger partial charge in [0.2, 0.25) is 0 Å². The third kappa shape index (κ3) is 3.69. The van der Waals surface area contributed by atoms with Crippen molar-refractivity contribution >= 4 is 27.0 Å². The molecule has 3 N–H and O–H groups in total. The Balaban J connectivity index is 1.78. The van der Waals surface area contributed by atoms with Crippen LogP contribution in [0.3, 0.4) is 0 Å². The van der Waals surface area contributed by atoms with Crippen LogP contribution in [0.25, 0.3) is 0 Å². The molecule has 3 rings (SSSR count). The van der Waals surface area contributed by atoms with Crippen LogP contribution in [0.5, 0.6) is 0 Å². The van der Waals surface area contributed by atoms with Gasteiger partial charge in [-0.15, -0.1) is 0 Å². The van der Waals surface area contributed by atoms with Gasteiger partial charge in [0.05, 0.1) is 12.7 Å². The average molecular weight is 369 g/mol. The van der Waals surface area contributed by atoms with Gasteiger partial charge in [0.25, 0.3) is 10.0 Å². The molecule has 1 saturated heterocycles. The molecular weight excluding hydrogens is 350 g/mol. The maximum Gasteiger partial charge on any atom is 0.306 e. The number of aromatic nitrogens is 1. The van der Waals surface area contributed by atoms with Gasteiger partial charge in [-0.1, -0.05) is 30.4 Å². The SMILES string of the molecule is CCc1[nH]c(=O)sc1S(=O)(=O)Nc1ccc(C2CNCCO2)cc1. The summed E-state index contributed by atoms with van der Waals surface area (Å²) in [6.07, 6.45) is 0.422. The molecule has 1 aliphatic heterocycles. The van der Waals surface area contributed by atoms with Crippen LogP contribution in [0, 0.1) is 0 Å². The Hall–Kier alpha value is -1.68. The third-order valence-corrected chi connectivity index (χ3v) is 6.61. The first-order valence-corrected chi connectivity index (χ1v) is 9.96. The minimum atomic E-state index is -3.78. The second kappa shape index (κ2) is 7.06. The summed E-state index contributed by atoms with van der Waals surface area (Å²) >= 11 is 0.701. The zero-order chi connectivity index (χ0) is 17.2. The van der Waals surface area contributed by atoms with E-state index in [0.29, 0.717) is 35.7 Å². The standard InChI is InChI=1S/C15H19N3O4S2/c1-2-12-14(23-15(19)17-12)24(20,21)18-11-5-3-10(4-6-11)13-9-16-7-8-22-13/h3-6,13,16,18H,2,7-9H2,1H3,(H,17,19). The fourth-order valence-electron chi connectivity index (χ4n) is 2.54. The van der Waals surface area contributed by atoms with Crippen molar-refractivity contribution in [1.82, 2.24) is 10.3 Å². The summed E-state index contributed by atoms with van der Waals surface area (Å²) in [6, 6.07) is 7.09. The predicted octanol–water partition coefficient (Wildman–Crippen LogP) is 1.46. The van der Waals surface area contributed by atoms with E-state index in [1.54, 1.807) is 19.1 Å². The van der Waals surface area contributed by atoms with Crippen molar-refractivity contribution in [3.63, 3.8) is 0 Å². The average Bonchev–Trinajstić information content (AvgIpc) is 2.98. The lowest BCUT2D eigenvalue weighted by Crippen LogP contribution is -2.33. The molecule has 0 spiro atoms. The Morgan fingerprint density at radius 3 is 2.71 bits per heavy atom. The van der Waals surface area contributed by atoms with E-state index in [9.17, 15) is 13.2 Å². The van der Waals surface area contributed by atoms with Gasteiger partial charge in [0.15, 0.2) is 4.21 Å². The number of morpholine rings is 1. The van der Waals surface area contributed by atoms with Crippen molar-refractivity contribution in [3.8, 4) is 0 Å². The lowest BCUT2D eigenvalue weighted by atomic mass is 10.1.